The van der Waals surface area contributed by atoms with Gasteiger partial charge in [-0.1, -0.05) is 6.07 Å². The summed E-state index contributed by atoms with van der Waals surface area (Å²) in [5, 5.41) is 22.7. The quantitative estimate of drug-likeness (QED) is 0.627. The molecule has 0 bridgehead atoms. The summed E-state index contributed by atoms with van der Waals surface area (Å²) in [5.41, 5.74) is 4.66. The number of benzene rings is 1. The van der Waals surface area contributed by atoms with Gasteiger partial charge in [0.25, 0.3) is 5.91 Å². The predicted molar refractivity (Wildman–Crippen MR) is 85.7 cm³/mol. The molecule has 1 aromatic carbocycles. The Bertz CT molecular complexity index is 776. The van der Waals surface area contributed by atoms with Gasteiger partial charge in [0.05, 0.1) is 23.0 Å². The van der Waals surface area contributed by atoms with Gasteiger partial charge in [-0.25, -0.2) is 9.82 Å². The molecule has 23 heavy (non-hydrogen) atoms. The van der Waals surface area contributed by atoms with Gasteiger partial charge >= 0.3 is 0 Å². The standard InChI is InChI=1S/C14H13BrFN5O2/c15-8-5-7(1-2-9(8)16)11-13(20-21-14(11)23)12-10(6-18-19-12)17-3-4-22/h1-2,5-6,11,17,22H,3-4H2,(H,18,19)(H,21,23). The van der Waals surface area contributed by atoms with Crippen LogP contribution in [-0.4, -0.2) is 40.1 Å². The molecular formula is C14H13BrFN5O2. The van der Waals surface area contributed by atoms with E-state index in [1.807, 2.05) is 0 Å². The van der Waals surface area contributed by atoms with Crippen molar-refractivity contribution in [3.8, 4) is 0 Å². The maximum Gasteiger partial charge on any atom is 0.253 e. The molecule has 1 unspecified atom stereocenters. The molecule has 0 saturated heterocycles. The monoisotopic (exact) mass is 381 g/mol. The first kappa shape index (κ1) is 15.6. The van der Waals surface area contributed by atoms with E-state index in [9.17, 15) is 9.18 Å². The lowest BCUT2D eigenvalue weighted by molar-refractivity contribution is -0.120. The molecule has 0 saturated carbocycles. The fraction of sp³-hybridized carbons (Fsp3) is 0.214. The van der Waals surface area contributed by atoms with Gasteiger partial charge in [0.2, 0.25) is 0 Å². The number of carbonyl (C=O) groups excluding carboxylic acids is 1. The summed E-state index contributed by atoms with van der Waals surface area (Å²) in [7, 11) is 0. The highest BCUT2D eigenvalue weighted by molar-refractivity contribution is 9.10. The van der Waals surface area contributed by atoms with Crippen LogP contribution >= 0.6 is 15.9 Å². The first-order chi connectivity index (χ1) is 11.1. The summed E-state index contributed by atoms with van der Waals surface area (Å²) in [4.78, 5) is 12.2. The zero-order chi connectivity index (χ0) is 16.4. The van der Waals surface area contributed by atoms with Crippen molar-refractivity contribution in [2.24, 2.45) is 5.10 Å². The number of carbonyl (C=O) groups is 1. The van der Waals surface area contributed by atoms with E-state index in [0.29, 0.717) is 29.2 Å². The van der Waals surface area contributed by atoms with Gasteiger partial charge in [-0.3, -0.25) is 9.89 Å². The van der Waals surface area contributed by atoms with Gasteiger partial charge in [-0.2, -0.15) is 10.2 Å². The number of H-pyrrole nitrogens is 1. The van der Waals surface area contributed by atoms with Crippen LogP contribution in [0.4, 0.5) is 10.1 Å². The van der Waals surface area contributed by atoms with Gasteiger partial charge in [-0.05, 0) is 33.6 Å². The molecule has 3 rings (SSSR count). The minimum Gasteiger partial charge on any atom is -0.395 e. The molecule has 9 heteroatoms. The molecule has 0 fully saturated rings. The second-order valence-electron chi connectivity index (χ2n) is 4.89. The van der Waals surface area contributed by atoms with Crippen molar-refractivity contribution in [3.05, 3.63) is 45.9 Å². The SMILES string of the molecule is O=C1NN=C(c2[nH]ncc2NCCO)C1c1ccc(F)c(Br)c1. The Morgan fingerprint density at radius 1 is 1.43 bits per heavy atom. The lowest BCUT2D eigenvalue weighted by Crippen LogP contribution is -2.22. The highest BCUT2D eigenvalue weighted by Gasteiger charge is 2.35. The molecule has 4 N–H and O–H groups in total. The summed E-state index contributed by atoms with van der Waals surface area (Å²) in [6.45, 7) is 0.302. The van der Waals surface area contributed by atoms with E-state index in [0.717, 1.165) is 0 Å². The minimum atomic E-state index is -0.679. The molecule has 0 spiro atoms. The third-order valence-corrected chi connectivity index (χ3v) is 4.03. The maximum absolute atomic E-state index is 13.4. The molecule has 1 atom stereocenters. The Balaban J connectivity index is 1.97. The first-order valence-electron chi connectivity index (χ1n) is 6.82. The second kappa shape index (κ2) is 6.47. The number of amides is 1. The van der Waals surface area contributed by atoms with Crippen LogP contribution in [0.25, 0.3) is 0 Å². The summed E-state index contributed by atoms with van der Waals surface area (Å²) < 4.78 is 13.7. The van der Waals surface area contributed by atoms with E-state index in [1.54, 1.807) is 18.3 Å². The van der Waals surface area contributed by atoms with Crippen molar-refractivity contribution >= 4 is 33.2 Å². The molecule has 7 nitrogen and oxygen atoms in total. The van der Waals surface area contributed by atoms with Gasteiger partial charge in [0.1, 0.15) is 23.1 Å². The number of hydrazone groups is 1. The summed E-state index contributed by atoms with van der Waals surface area (Å²) in [5.74, 6) is -1.39. The zero-order valence-corrected chi connectivity index (χ0v) is 13.4. The van der Waals surface area contributed by atoms with Crippen LogP contribution in [0, 0.1) is 5.82 Å². The average Bonchev–Trinajstić information content (AvgIpc) is 3.14. The van der Waals surface area contributed by atoms with Crippen molar-refractivity contribution < 1.29 is 14.3 Å². The topological polar surface area (TPSA) is 102 Å². The zero-order valence-electron chi connectivity index (χ0n) is 11.8. The number of nitrogens with zero attached hydrogens (tertiary/aromatic N) is 2. The van der Waals surface area contributed by atoms with Gasteiger partial charge < -0.3 is 10.4 Å². The highest BCUT2D eigenvalue weighted by Crippen LogP contribution is 2.30. The first-order valence-corrected chi connectivity index (χ1v) is 7.62. The molecule has 1 aromatic heterocycles. The van der Waals surface area contributed by atoms with Gasteiger partial charge in [0, 0.05) is 6.54 Å². The van der Waals surface area contributed by atoms with Crippen molar-refractivity contribution in [2.75, 3.05) is 18.5 Å². The van der Waals surface area contributed by atoms with Crippen LogP contribution in [0.5, 0.6) is 0 Å². The van der Waals surface area contributed by atoms with E-state index < -0.39 is 11.7 Å². The maximum atomic E-state index is 13.4. The van der Waals surface area contributed by atoms with E-state index in [2.05, 4.69) is 42.0 Å². The number of aromatic amines is 1. The summed E-state index contributed by atoms with van der Waals surface area (Å²) in [6, 6.07) is 4.39. The van der Waals surface area contributed by atoms with Crippen LogP contribution in [0.1, 0.15) is 17.2 Å². The molecule has 0 radical (unpaired) electrons. The van der Waals surface area contributed by atoms with Crippen molar-refractivity contribution in [3.63, 3.8) is 0 Å². The van der Waals surface area contributed by atoms with Gasteiger partial charge in [0.15, 0.2) is 0 Å². The number of aromatic nitrogens is 2. The van der Waals surface area contributed by atoms with Crippen molar-refractivity contribution in [1.29, 1.82) is 0 Å². The fourth-order valence-electron chi connectivity index (χ4n) is 2.38. The van der Waals surface area contributed by atoms with Crippen LogP contribution in [0.3, 0.4) is 0 Å². The van der Waals surface area contributed by atoms with Gasteiger partial charge in [-0.15, -0.1) is 0 Å². The van der Waals surface area contributed by atoms with Crippen molar-refractivity contribution in [1.82, 2.24) is 15.6 Å². The Kier molecular flexibility index (Phi) is 4.39. The molecule has 1 aliphatic rings. The lowest BCUT2D eigenvalue weighted by Gasteiger charge is -2.12. The molecule has 0 aliphatic carbocycles. The Morgan fingerprint density at radius 2 is 2.26 bits per heavy atom. The number of hydrogen-bond acceptors (Lipinski definition) is 5. The Hall–Kier alpha value is -2.26. The van der Waals surface area contributed by atoms with E-state index in [4.69, 9.17) is 5.11 Å². The molecule has 1 amide bonds. The molecule has 1 aliphatic heterocycles. The Morgan fingerprint density at radius 3 is 3.00 bits per heavy atom. The fourth-order valence-corrected chi connectivity index (χ4v) is 2.77. The van der Waals surface area contributed by atoms with Crippen LogP contribution < -0.4 is 10.7 Å². The third-order valence-electron chi connectivity index (χ3n) is 3.42. The van der Waals surface area contributed by atoms with E-state index in [-0.39, 0.29) is 17.0 Å². The number of aliphatic hydroxyl groups excluding tert-OH is 1. The minimum absolute atomic E-state index is 0.0391. The van der Waals surface area contributed by atoms with Crippen LogP contribution in [0.15, 0.2) is 34.0 Å². The van der Waals surface area contributed by atoms with Crippen LogP contribution in [-0.2, 0) is 4.79 Å². The molecule has 2 heterocycles. The normalized spacial score (nSPS) is 17.1. The largest absolute Gasteiger partial charge is 0.395 e. The van der Waals surface area contributed by atoms with Crippen molar-refractivity contribution in [2.45, 2.75) is 5.92 Å². The summed E-state index contributed by atoms with van der Waals surface area (Å²) >= 11 is 3.12. The molecule has 2 aromatic rings. The third kappa shape index (κ3) is 2.97. The Labute approximate surface area is 139 Å². The van der Waals surface area contributed by atoms with Crippen LogP contribution in [0.2, 0.25) is 0 Å². The number of aliphatic hydroxyl groups is 1. The lowest BCUT2D eigenvalue weighted by atomic mass is 9.92. The number of hydrogen-bond donors (Lipinski definition) is 4. The molecule has 120 valence electrons. The van der Waals surface area contributed by atoms with E-state index >= 15 is 0 Å². The second-order valence-corrected chi connectivity index (χ2v) is 5.74. The number of nitrogens with one attached hydrogen (secondary N) is 3. The number of anilines is 1. The van der Waals surface area contributed by atoms with E-state index in [1.165, 1.54) is 6.07 Å². The summed E-state index contributed by atoms with van der Waals surface area (Å²) in [6.07, 6.45) is 1.55. The average molecular weight is 382 g/mol. The number of halogens is 2. The smallest absolute Gasteiger partial charge is 0.253 e. The highest BCUT2D eigenvalue weighted by atomic mass is 79.9. The predicted octanol–water partition coefficient (Wildman–Crippen LogP) is 1.33. The number of rotatable bonds is 5. The molecular weight excluding hydrogens is 369 g/mol.